The minimum absolute atomic E-state index is 0.0346. The molecule has 0 heterocycles. The molecule has 1 aliphatic carbocycles. The molecule has 28 heavy (non-hydrogen) atoms. The lowest BCUT2D eigenvalue weighted by Crippen LogP contribution is -2.38. The number of aliphatic hydroxyl groups excluding tert-OH is 1. The summed E-state index contributed by atoms with van der Waals surface area (Å²) in [7, 11) is -3.75. The van der Waals surface area contributed by atoms with E-state index in [1.807, 2.05) is 0 Å². The van der Waals surface area contributed by atoms with Crippen molar-refractivity contribution in [3.8, 4) is 11.1 Å². The molecule has 1 saturated carbocycles. The molecule has 0 aliphatic heterocycles. The molecule has 0 spiro atoms. The zero-order valence-corrected chi connectivity index (χ0v) is 16.3. The molecule has 0 amide bonds. The molecular weight excluding hydrogens is 415 g/mol. The Morgan fingerprint density at radius 3 is 2.11 bits per heavy atom. The Kier molecular flexibility index (Phi) is 6.05. The monoisotopic (exact) mass is 433 g/mol. The average Bonchev–Trinajstić information content (AvgIpc) is 2.63. The lowest BCUT2D eigenvalue weighted by molar-refractivity contribution is -0.137. The van der Waals surface area contributed by atoms with Gasteiger partial charge < -0.3 is 5.11 Å². The minimum atomic E-state index is -4.58. The molecule has 0 bridgehead atoms. The molecule has 1 aliphatic rings. The summed E-state index contributed by atoms with van der Waals surface area (Å²) in [5, 5.41) is 9.12. The number of benzene rings is 2. The summed E-state index contributed by atoms with van der Waals surface area (Å²) < 4.78 is 66.7. The predicted octanol–water partition coefficient (Wildman–Crippen LogP) is 4.61. The van der Waals surface area contributed by atoms with Crippen molar-refractivity contribution in [2.45, 2.75) is 48.9 Å². The van der Waals surface area contributed by atoms with E-state index in [2.05, 4.69) is 4.72 Å². The summed E-state index contributed by atoms with van der Waals surface area (Å²) >= 11 is 5.63. The molecule has 3 rings (SSSR count). The van der Waals surface area contributed by atoms with Gasteiger partial charge in [-0.05, 0) is 61.1 Å². The van der Waals surface area contributed by atoms with E-state index in [1.54, 1.807) is 0 Å². The molecule has 4 nitrogen and oxygen atoms in total. The molecular formula is C19H19ClF3NO3S. The van der Waals surface area contributed by atoms with E-state index in [0.29, 0.717) is 31.2 Å². The summed E-state index contributed by atoms with van der Waals surface area (Å²) in [6.45, 7) is 0. The Labute approximate surface area is 166 Å². The third-order valence-electron chi connectivity index (χ3n) is 4.79. The van der Waals surface area contributed by atoms with Gasteiger partial charge in [0.1, 0.15) is 0 Å². The highest BCUT2D eigenvalue weighted by Gasteiger charge is 2.33. The number of alkyl halides is 3. The first kappa shape index (κ1) is 21.1. The summed E-state index contributed by atoms with van der Waals surface area (Å²) in [5.41, 5.74) is -0.207. The number of nitrogens with one attached hydrogen (secondary N) is 1. The van der Waals surface area contributed by atoms with Crippen LogP contribution in [0.2, 0.25) is 5.02 Å². The van der Waals surface area contributed by atoms with Gasteiger partial charge in [-0.3, -0.25) is 0 Å². The van der Waals surface area contributed by atoms with Crippen LogP contribution in [0.1, 0.15) is 31.2 Å². The molecule has 2 aromatic carbocycles. The standard InChI is InChI=1S/C19H19ClF3NO3S/c20-18-10-3-13(11-17(18)19(21,22)23)12-1-8-16(9-2-12)28(26,27)24-14-4-6-15(25)7-5-14/h1-3,8-11,14-15,24-25H,4-7H2. The zero-order chi connectivity index (χ0) is 20.5. The van der Waals surface area contributed by atoms with Gasteiger partial charge in [-0.15, -0.1) is 0 Å². The van der Waals surface area contributed by atoms with E-state index in [9.17, 15) is 26.7 Å². The molecule has 0 radical (unpaired) electrons. The van der Waals surface area contributed by atoms with E-state index in [0.717, 1.165) is 6.07 Å². The summed E-state index contributed by atoms with van der Waals surface area (Å²) in [5.74, 6) is 0. The molecule has 2 aromatic rings. The molecule has 0 saturated heterocycles. The smallest absolute Gasteiger partial charge is 0.393 e. The maximum atomic E-state index is 13.0. The highest BCUT2D eigenvalue weighted by molar-refractivity contribution is 7.89. The van der Waals surface area contributed by atoms with Crippen LogP contribution in [0.4, 0.5) is 13.2 Å². The van der Waals surface area contributed by atoms with Crippen LogP contribution in [-0.4, -0.2) is 25.7 Å². The Morgan fingerprint density at radius 2 is 1.54 bits per heavy atom. The minimum Gasteiger partial charge on any atom is -0.393 e. The van der Waals surface area contributed by atoms with E-state index < -0.39 is 26.8 Å². The van der Waals surface area contributed by atoms with Gasteiger partial charge in [0.2, 0.25) is 10.0 Å². The first-order chi connectivity index (χ1) is 13.1. The second-order valence-electron chi connectivity index (χ2n) is 6.84. The van der Waals surface area contributed by atoms with Crippen LogP contribution in [0.5, 0.6) is 0 Å². The average molecular weight is 434 g/mol. The van der Waals surface area contributed by atoms with Gasteiger partial charge in [0.05, 0.1) is 21.6 Å². The molecule has 0 unspecified atom stereocenters. The van der Waals surface area contributed by atoms with Gasteiger partial charge in [0, 0.05) is 6.04 Å². The van der Waals surface area contributed by atoms with Crippen LogP contribution in [0.25, 0.3) is 11.1 Å². The van der Waals surface area contributed by atoms with E-state index >= 15 is 0 Å². The number of aliphatic hydroxyl groups is 1. The van der Waals surface area contributed by atoms with E-state index in [4.69, 9.17) is 11.6 Å². The molecule has 152 valence electrons. The lowest BCUT2D eigenvalue weighted by atomic mass is 9.94. The Balaban J connectivity index is 1.80. The maximum Gasteiger partial charge on any atom is 0.417 e. The highest BCUT2D eigenvalue weighted by atomic mass is 35.5. The topological polar surface area (TPSA) is 66.4 Å². The van der Waals surface area contributed by atoms with Crippen molar-refractivity contribution < 1.29 is 26.7 Å². The molecule has 2 N–H and O–H groups in total. The normalized spacial score (nSPS) is 20.9. The Morgan fingerprint density at radius 1 is 0.964 bits per heavy atom. The first-order valence-corrected chi connectivity index (χ1v) is 10.6. The van der Waals surface area contributed by atoms with Crippen molar-refractivity contribution >= 4 is 21.6 Å². The fourth-order valence-corrected chi connectivity index (χ4v) is 4.76. The third kappa shape index (κ3) is 4.86. The second-order valence-corrected chi connectivity index (χ2v) is 8.96. The fraction of sp³-hybridized carbons (Fsp3) is 0.368. The van der Waals surface area contributed by atoms with Crippen LogP contribution >= 0.6 is 11.6 Å². The van der Waals surface area contributed by atoms with Crippen molar-refractivity contribution in [1.82, 2.24) is 4.72 Å². The SMILES string of the molecule is O=S(=O)(NC1CCC(O)CC1)c1ccc(-c2ccc(Cl)c(C(F)(F)F)c2)cc1. The lowest BCUT2D eigenvalue weighted by Gasteiger charge is -2.26. The highest BCUT2D eigenvalue weighted by Crippen LogP contribution is 2.37. The van der Waals surface area contributed by atoms with Crippen molar-refractivity contribution in [3.63, 3.8) is 0 Å². The number of rotatable bonds is 4. The molecule has 0 atom stereocenters. The van der Waals surface area contributed by atoms with Crippen LogP contribution in [0.3, 0.4) is 0 Å². The third-order valence-corrected chi connectivity index (χ3v) is 6.65. The molecule has 9 heteroatoms. The van der Waals surface area contributed by atoms with Crippen molar-refractivity contribution in [3.05, 3.63) is 53.1 Å². The molecule has 0 aromatic heterocycles. The quantitative estimate of drug-likeness (QED) is 0.740. The number of sulfonamides is 1. The first-order valence-electron chi connectivity index (χ1n) is 8.74. The number of hydrogen-bond donors (Lipinski definition) is 2. The summed E-state index contributed by atoms with van der Waals surface area (Å²) in [4.78, 5) is 0.0346. The van der Waals surface area contributed by atoms with Gasteiger partial charge in [-0.25, -0.2) is 13.1 Å². The largest absolute Gasteiger partial charge is 0.417 e. The van der Waals surface area contributed by atoms with Crippen LogP contribution in [0, 0.1) is 0 Å². The van der Waals surface area contributed by atoms with Crippen LogP contribution in [0.15, 0.2) is 47.4 Å². The number of hydrogen-bond acceptors (Lipinski definition) is 3. The van der Waals surface area contributed by atoms with Gasteiger partial charge >= 0.3 is 6.18 Å². The van der Waals surface area contributed by atoms with Gasteiger partial charge in [-0.1, -0.05) is 29.8 Å². The second kappa shape index (κ2) is 8.02. The van der Waals surface area contributed by atoms with Gasteiger partial charge in [0.15, 0.2) is 0 Å². The number of halogens is 4. The van der Waals surface area contributed by atoms with Gasteiger partial charge in [-0.2, -0.15) is 13.2 Å². The fourth-order valence-electron chi connectivity index (χ4n) is 3.23. The van der Waals surface area contributed by atoms with Crippen LogP contribution in [-0.2, 0) is 16.2 Å². The molecule has 1 fully saturated rings. The maximum absolute atomic E-state index is 13.0. The van der Waals surface area contributed by atoms with Crippen molar-refractivity contribution in [1.29, 1.82) is 0 Å². The zero-order valence-electron chi connectivity index (χ0n) is 14.7. The van der Waals surface area contributed by atoms with Crippen LogP contribution < -0.4 is 4.72 Å². The van der Waals surface area contributed by atoms with Crippen molar-refractivity contribution in [2.75, 3.05) is 0 Å². The Bertz CT molecular complexity index is 938. The summed E-state index contributed by atoms with van der Waals surface area (Å²) in [6, 6.07) is 8.96. The van der Waals surface area contributed by atoms with E-state index in [-0.39, 0.29) is 22.6 Å². The van der Waals surface area contributed by atoms with Crippen molar-refractivity contribution in [2.24, 2.45) is 0 Å². The van der Waals surface area contributed by atoms with Gasteiger partial charge in [0.25, 0.3) is 0 Å². The predicted molar refractivity (Wildman–Crippen MR) is 100 cm³/mol. The Hall–Kier alpha value is -1.61. The van der Waals surface area contributed by atoms with E-state index in [1.165, 1.54) is 36.4 Å². The summed E-state index contributed by atoms with van der Waals surface area (Å²) in [6.07, 6.45) is -2.75.